The van der Waals surface area contributed by atoms with E-state index in [4.69, 9.17) is 14.2 Å². The van der Waals surface area contributed by atoms with Crippen molar-refractivity contribution in [3.63, 3.8) is 0 Å². The van der Waals surface area contributed by atoms with Gasteiger partial charge in [-0.1, -0.05) is 35.2 Å². The number of nitrogens with zero attached hydrogens (tertiary/aromatic N) is 1. The van der Waals surface area contributed by atoms with Crippen molar-refractivity contribution in [1.82, 2.24) is 4.98 Å². The highest BCUT2D eigenvalue weighted by Gasteiger charge is 2.56. The van der Waals surface area contributed by atoms with Crippen molar-refractivity contribution in [1.29, 1.82) is 0 Å². The summed E-state index contributed by atoms with van der Waals surface area (Å²) in [6, 6.07) is 14.8. The lowest BCUT2D eigenvalue weighted by Gasteiger charge is -2.30. The molecule has 4 aromatic rings. The number of amides is 3. The minimum Gasteiger partial charge on any atom is -0.493 e. The van der Waals surface area contributed by atoms with E-state index in [9.17, 15) is 37.1 Å². The number of carbonyl (C=O) groups is 4. The van der Waals surface area contributed by atoms with Gasteiger partial charge in [0, 0.05) is 16.5 Å². The normalized spacial score (nSPS) is 18.5. The predicted molar refractivity (Wildman–Crippen MR) is 173 cm³/mol. The number of rotatable bonds is 9. The molecule has 0 saturated carbocycles. The highest BCUT2D eigenvalue weighted by Crippen LogP contribution is 2.54. The Balaban J connectivity index is 1.24. The van der Waals surface area contributed by atoms with Gasteiger partial charge in [0.1, 0.15) is 5.25 Å². The molecule has 2 aliphatic heterocycles. The second-order valence-electron chi connectivity index (χ2n) is 10.9. The van der Waals surface area contributed by atoms with Gasteiger partial charge in [0.15, 0.2) is 18.1 Å². The molecule has 1 aromatic heterocycles. The molecule has 3 aromatic carbocycles. The summed E-state index contributed by atoms with van der Waals surface area (Å²) in [4.78, 5) is 68.1. The van der Waals surface area contributed by atoms with Crippen LogP contribution in [-0.2, 0) is 25.3 Å². The lowest BCUT2D eigenvalue weighted by molar-refractivity contribution is -0.137. The lowest BCUT2D eigenvalue weighted by Crippen LogP contribution is -2.32. The van der Waals surface area contributed by atoms with E-state index in [1.807, 2.05) is 0 Å². The maximum Gasteiger partial charge on any atom is 0.416 e. The molecule has 3 heterocycles. The summed E-state index contributed by atoms with van der Waals surface area (Å²) in [5.41, 5.74) is 0.0213. The molecule has 6 rings (SSSR count). The van der Waals surface area contributed by atoms with Crippen LogP contribution in [0.2, 0.25) is 0 Å². The average molecular weight is 714 g/mol. The van der Waals surface area contributed by atoms with Crippen LogP contribution in [0, 0.1) is 5.92 Å². The number of anilines is 2. The number of methoxy groups -OCH3 is 1. The number of thioether (sulfide) groups is 1. The topological polar surface area (TPSA) is 144 Å². The number of H-pyrrole nitrogens is 1. The first-order valence-corrected chi connectivity index (χ1v) is 16.4. The molecule has 2 aliphatic rings. The number of nitrogens with one attached hydrogen (secondary N) is 2. The number of fused-ring (bicyclic) bond motifs is 2. The number of ether oxygens (including phenoxy) is 3. The fraction of sp³-hybridized carbons (Fsp3) is 0.242. The van der Waals surface area contributed by atoms with Gasteiger partial charge in [-0.2, -0.15) is 13.2 Å². The fourth-order valence-electron chi connectivity index (χ4n) is 5.69. The summed E-state index contributed by atoms with van der Waals surface area (Å²) in [6.45, 7) is 1.51. The lowest BCUT2D eigenvalue weighted by atomic mass is 9.83. The minimum absolute atomic E-state index is 0.183. The largest absolute Gasteiger partial charge is 0.493 e. The van der Waals surface area contributed by atoms with E-state index in [1.165, 1.54) is 31.4 Å². The summed E-state index contributed by atoms with van der Waals surface area (Å²) in [6.07, 6.45) is -4.69. The highest BCUT2D eigenvalue weighted by atomic mass is 32.2. The van der Waals surface area contributed by atoms with Crippen LogP contribution in [0.4, 0.5) is 24.5 Å². The third-order valence-electron chi connectivity index (χ3n) is 7.84. The third-order valence-corrected chi connectivity index (χ3v) is 10.2. The molecule has 49 heavy (non-hydrogen) atoms. The zero-order valence-electron chi connectivity index (χ0n) is 25.7. The number of esters is 1. The summed E-state index contributed by atoms with van der Waals surface area (Å²) in [5, 5.41) is 2.02. The Labute approximate surface area is 284 Å². The number of imide groups is 1. The standard InChI is InChI=1S/C33H26F3N3O8S2/c1-3-46-31(43)16-7-10-19(11-8-16)37-23(40)15-47-21-12-9-17(13-22(21)45-2)24-25-27(48-28-26(24)49-32(44)38-28)30(42)39(29(25)41)20-6-4-5-18(14-20)33(34,35)36/h4-14,24-25,27H,3,15H2,1-2H3,(H,37,40)(H,38,44)/t24-,25?,27?/m1/s1. The Morgan fingerprint density at radius 1 is 0.980 bits per heavy atom. The number of aromatic nitrogens is 1. The van der Waals surface area contributed by atoms with Crippen LogP contribution in [0.15, 0.2) is 76.6 Å². The third kappa shape index (κ3) is 6.65. The van der Waals surface area contributed by atoms with Crippen LogP contribution in [0.5, 0.6) is 11.5 Å². The van der Waals surface area contributed by atoms with Crippen molar-refractivity contribution in [3.05, 3.63) is 98.0 Å². The van der Waals surface area contributed by atoms with E-state index in [-0.39, 0.29) is 23.8 Å². The molecule has 1 fully saturated rings. The van der Waals surface area contributed by atoms with Gasteiger partial charge in [0.05, 0.1) is 41.5 Å². The van der Waals surface area contributed by atoms with E-state index in [0.717, 1.165) is 46.2 Å². The first-order chi connectivity index (χ1) is 23.4. The van der Waals surface area contributed by atoms with Crippen LogP contribution < -0.4 is 24.6 Å². The molecular formula is C33H26F3N3O8S2. The number of alkyl halides is 3. The van der Waals surface area contributed by atoms with Crippen LogP contribution in [0.1, 0.15) is 39.2 Å². The number of hydrogen-bond donors (Lipinski definition) is 2. The predicted octanol–water partition coefficient (Wildman–Crippen LogP) is 5.45. The highest BCUT2D eigenvalue weighted by molar-refractivity contribution is 8.00. The van der Waals surface area contributed by atoms with Crippen molar-refractivity contribution in [2.75, 3.05) is 30.5 Å². The molecule has 0 spiro atoms. The number of carbonyl (C=O) groups excluding carboxylic acids is 4. The van der Waals surface area contributed by atoms with Gasteiger partial charge in [0.2, 0.25) is 11.8 Å². The van der Waals surface area contributed by atoms with Crippen LogP contribution in [0.25, 0.3) is 0 Å². The maximum absolute atomic E-state index is 13.9. The van der Waals surface area contributed by atoms with E-state index < -0.39 is 64.0 Å². The molecule has 254 valence electrons. The van der Waals surface area contributed by atoms with Gasteiger partial charge in [0.25, 0.3) is 5.91 Å². The maximum atomic E-state index is 13.9. The van der Waals surface area contributed by atoms with Crippen molar-refractivity contribution < 1.29 is 46.6 Å². The molecule has 2 N–H and O–H groups in total. The monoisotopic (exact) mass is 713 g/mol. The average Bonchev–Trinajstić information content (AvgIpc) is 3.57. The van der Waals surface area contributed by atoms with Gasteiger partial charge in [-0.25, -0.2) is 9.69 Å². The number of halogens is 3. The SMILES string of the molecule is CCOC(=O)c1ccc(NC(=O)COc2ccc([C@H]3c4sc(=O)[nH]c4SC4C(=O)N(c5cccc(C(F)(F)F)c5)C(=O)C43)cc2OC)cc1. The van der Waals surface area contributed by atoms with Gasteiger partial charge in [-0.15, -0.1) is 0 Å². The fourth-order valence-corrected chi connectivity index (χ4v) is 8.21. The molecule has 3 amide bonds. The summed E-state index contributed by atoms with van der Waals surface area (Å²) in [7, 11) is 1.37. The van der Waals surface area contributed by atoms with Gasteiger partial charge < -0.3 is 24.5 Å². The van der Waals surface area contributed by atoms with Crippen molar-refractivity contribution in [3.8, 4) is 11.5 Å². The summed E-state index contributed by atoms with van der Waals surface area (Å²) < 4.78 is 56.6. The Hall–Kier alpha value is -5.09. The van der Waals surface area contributed by atoms with E-state index >= 15 is 0 Å². The molecule has 0 aliphatic carbocycles. The van der Waals surface area contributed by atoms with E-state index in [2.05, 4.69) is 10.3 Å². The number of hydrogen-bond acceptors (Lipinski definition) is 10. The van der Waals surface area contributed by atoms with Crippen LogP contribution in [0.3, 0.4) is 0 Å². The molecule has 11 nitrogen and oxygen atoms in total. The second-order valence-corrected chi connectivity index (χ2v) is 13.0. The Morgan fingerprint density at radius 2 is 1.73 bits per heavy atom. The first-order valence-electron chi connectivity index (χ1n) is 14.7. The van der Waals surface area contributed by atoms with Crippen molar-refractivity contribution in [2.45, 2.75) is 29.3 Å². The summed E-state index contributed by atoms with van der Waals surface area (Å²) >= 11 is 1.87. The van der Waals surface area contributed by atoms with Gasteiger partial charge >= 0.3 is 17.0 Å². The van der Waals surface area contributed by atoms with Crippen molar-refractivity contribution >= 4 is 58.2 Å². The van der Waals surface area contributed by atoms with Crippen LogP contribution >= 0.6 is 23.1 Å². The molecule has 0 bridgehead atoms. The molecule has 2 unspecified atom stereocenters. The number of thiazole rings is 1. The van der Waals surface area contributed by atoms with Crippen LogP contribution in [-0.4, -0.2) is 54.2 Å². The first kappa shape index (κ1) is 33.8. The molecule has 3 atom stereocenters. The number of benzene rings is 3. The Bertz CT molecular complexity index is 2010. The Morgan fingerprint density at radius 3 is 2.43 bits per heavy atom. The summed E-state index contributed by atoms with van der Waals surface area (Å²) in [5.74, 6) is -3.91. The zero-order chi connectivity index (χ0) is 35.0. The second kappa shape index (κ2) is 13.4. The van der Waals surface area contributed by atoms with E-state index in [1.54, 1.807) is 31.2 Å². The molecule has 0 radical (unpaired) electrons. The molecule has 16 heteroatoms. The smallest absolute Gasteiger partial charge is 0.416 e. The molecular weight excluding hydrogens is 688 g/mol. The zero-order valence-corrected chi connectivity index (χ0v) is 27.3. The number of aromatic amines is 1. The quantitative estimate of drug-likeness (QED) is 0.171. The minimum atomic E-state index is -4.69. The van der Waals surface area contributed by atoms with Crippen molar-refractivity contribution in [2.24, 2.45) is 5.92 Å². The van der Waals surface area contributed by atoms with Gasteiger partial charge in [-0.3, -0.25) is 19.2 Å². The molecule has 1 saturated heterocycles. The van der Waals surface area contributed by atoms with Gasteiger partial charge in [-0.05, 0) is 67.1 Å². The Kier molecular flexibility index (Phi) is 9.26. The van der Waals surface area contributed by atoms with E-state index in [0.29, 0.717) is 26.7 Å².